The topological polar surface area (TPSA) is 70.4 Å². The summed E-state index contributed by atoms with van der Waals surface area (Å²) in [5.74, 6) is 2.98. The number of hydrogen-bond acceptors (Lipinski definition) is 5. The molecule has 2 aliphatic rings. The third kappa shape index (κ3) is 5.79. The number of hydrogen-bond donors (Lipinski definition) is 0. The Hall–Kier alpha value is -5.95. The number of aromatic nitrogens is 5. The molecule has 1 atom stereocenters. The number of imidazole rings is 2. The zero-order valence-electron chi connectivity index (χ0n) is 37.1. The molecular formula is C54H55N5O2. The van der Waals surface area contributed by atoms with E-state index in [4.69, 9.17) is 24.1 Å². The van der Waals surface area contributed by atoms with Crippen LogP contribution >= 0.6 is 0 Å². The molecule has 11 rings (SSSR count). The number of aryl methyl sites for hydroxylation is 2. The molecule has 1 unspecified atom stereocenters. The van der Waals surface area contributed by atoms with Crippen molar-refractivity contribution >= 4 is 49.9 Å². The van der Waals surface area contributed by atoms with Crippen molar-refractivity contribution in [3.05, 3.63) is 126 Å². The number of nitrogens with zero attached hydrogens (tertiary/aromatic N) is 5. The minimum atomic E-state index is -0.0359. The first-order valence-electron chi connectivity index (χ1n) is 22.0. The number of pyridine rings is 2. The van der Waals surface area contributed by atoms with Gasteiger partial charge < -0.3 is 9.15 Å². The van der Waals surface area contributed by atoms with Gasteiger partial charge >= 0.3 is 0 Å². The molecule has 7 heteroatoms. The van der Waals surface area contributed by atoms with Crippen LogP contribution in [0.1, 0.15) is 96.9 Å². The fraction of sp³-hybridized carbons (Fsp3) is 0.352. The van der Waals surface area contributed by atoms with E-state index >= 15 is 0 Å². The summed E-state index contributed by atoms with van der Waals surface area (Å²) in [6, 6.07) is 33.7. The van der Waals surface area contributed by atoms with Crippen LogP contribution in [0.5, 0.6) is 11.6 Å². The Bertz CT molecular complexity index is 3250. The summed E-state index contributed by atoms with van der Waals surface area (Å²) in [5.41, 5.74) is 13.9. The highest BCUT2D eigenvalue weighted by Crippen LogP contribution is 2.62. The molecular weight excluding hydrogens is 751 g/mol. The van der Waals surface area contributed by atoms with E-state index in [2.05, 4.69) is 157 Å². The maximum atomic E-state index is 6.91. The maximum Gasteiger partial charge on any atom is 0.221 e. The molecule has 1 saturated carbocycles. The van der Waals surface area contributed by atoms with Crippen molar-refractivity contribution in [3.8, 4) is 28.6 Å². The van der Waals surface area contributed by atoms with Crippen molar-refractivity contribution in [3.63, 3.8) is 0 Å². The molecule has 1 fully saturated rings. The lowest BCUT2D eigenvalue weighted by Gasteiger charge is -2.52. The molecule has 0 aliphatic heterocycles. The number of furan rings is 1. The third-order valence-electron chi connectivity index (χ3n) is 14.6. The largest absolute Gasteiger partial charge is 0.452 e. The van der Waals surface area contributed by atoms with Gasteiger partial charge in [-0.05, 0) is 143 Å². The number of fused-ring (bicyclic) bond motifs is 9. The van der Waals surface area contributed by atoms with E-state index in [1.807, 2.05) is 24.3 Å². The van der Waals surface area contributed by atoms with Crippen LogP contribution < -0.4 is 4.74 Å². The average Bonchev–Trinajstić information content (AvgIpc) is 3.89. The summed E-state index contributed by atoms with van der Waals surface area (Å²) in [5, 5.41) is 2.02. The number of para-hydroxylation sites is 3. The smallest absolute Gasteiger partial charge is 0.221 e. The summed E-state index contributed by atoms with van der Waals surface area (Å²) in [7, 11) is 0. The zero-order chi connectivity index (χ0) is 42.4. The van der Waals surface area contributed by atoms with Crippen molar-refractivity contribution in [1.82, 2.24) is 23.9 Å². The molecule has 5 aromatic heterocycles. The van der Waals surface area contributed by atoms with Crippen LogP contribution in [-0.4, -0.2) is 23.9 Å². The summed E-state index contributed by atoms with van der Waals surface area (Å²) < 4.78 is 17.8. The average molecular weight is 806 g/mol. The molecule has 308 valence electrons. The molecule has 0 bridgehead atoms. The molecule has 0 amide bonds. The highest BCUT2D eigenvalue weighted by atomic mass is 16.5. The van der Waals surface area contributed by atoms with Gasteiger partial charge in [0, 0.05) is 28.6 Å². The Kier molecular flexibility index (Phi) is 7.97. The van der Waals surface area contributed by atoms with E-state index in [1.165, 1.54) is 41.5 Å². The highest BCUT2D eigenvalue weighted by Gasteiger charge is 2.56. The molecule has 7 nitrogen and oxygen atoms in total. The molecule has 5 heterocycles. The fourth-order valence-electron chi connectivity index (χ4n) is 12.8. The van der Waals surface area contributed by atoms with Crippen LogP contribution in [0.15, 0.2) is 108 Å². The third-order valence-corrected chi connectivity index (χ3v) is 14.6. The van der Waals surface area contributed by atoms with E-state index in [9.17, 15) is 0 Å². The lowest BCUT2D eigenvalue weighted by Crippen LogP contribution is -2.45. The van der Waals surface area contributed by atoms with E-state index in [-0.39, 0.29) is 10.8 Å². The van der Waals surface area contributed by atoms with Crippen molar-refractivity contribution in [2.24, 2.45) is 22.7 Å². The summed E-state index contributed by atoms with van der Waals surface area (Å²) in [6.07, 6.45) is 5.96. The minimum absolute atomic E-state index is 0.00931. The Morgan fingerprint density at radius 3 is 2.21 bits per heavy atom. The molecule has 0 N–H and O–H groups in total. The maximum absolute atomic E-state index is 6.91. The van der Waals surface area contributed by atoms with Gasteiger partial charge in [0.2, 0.25) is 11.7 Å². The monoisotopic (exact) mass is 805 g/mol. The van der Waals surface area contributed by atoms with Gasteiger partial charge in [0.15, 0.2) is 17.0 Å². The lowest BCUT2D eigenvalue weighted by molar-refractivity contribution is 0.00421. The van der Waals surface area contributed by atoms with Crippen molar-refractivity contribution in [1.29, 1.82) is 0 Å². The van der Waals surface area contributed by atoms with E-state index in [0.717, 1.165) is 61.3 Å². The van der Waals surface area contributed by atoms with Gasteiger partial charge in [-0.25, -0.2) is 4.98 Å². The fourth-order valence-corrected chi connectivity index (χ4v) is 12.8. The quantitative estimate of drug-likeness (QED) is 0.173. The van der Waals surface area contributed by atoms with Crippen LogP contribution in [0.25, 0.3) is 66.9 Å². The second-order valence-electron chi connectivity index (χ2n) is 21.1. The van der Waals surface area contributed by atoms with Gasteiger partial charge in [0.05, 0.1) is 27.9 Å². The number of benzene rings is 4. The van der Waals surface area contributed by atoms with Crippen molar-refractivity contribution in [2.75, 3.05) is 0 Å². The standard InChI is InChI=1S/C54H55N5O2/c1-31-19-20-35(23-32(31)2)58-49-43(59-42-17-13-12-16-40(42)56-50(58)59)21-22-46(57-49)60-45-25-33(24-37-36-15-11-14-18-44(36)61-47(37)45)41-26-38-39(29-55-41)54(9,10)48(53(38,7)8)34-27-51(3,4)30-52(5,6)28-34/h11-26,29,34,48H,27-28,30H2,1-10H3. The van der Waals surface area contributed by atoms with Crippen LogP contribution in [0.4, 0.5) is 0 Å². The van der Waals surface area contributed by atoms with Gasteiger partial charge in [-0.2, -0.15) is 4.98 Å². The van der Waals surface area contributed by atoms with Crippen LogP contribution in [0, 0.1) is 36.5 Å². The summed E-state index contributed by atoms with van der Waals surface area (Å²) in [4.78, 5) is 15.6. The summed E-state index contributed by atoms with van der Waals surface area (Å²) in [6.45, 7) is 24.1. The van der Waals surface area contributed by atoms with Crippen molar-refractivity contribution < 1.29 is 9.15 Å². The van der Waals surface area contributed by atoms with Crippen LogP contribution in [0.3, 0.4) is 0 Å². The van der Waals surface area contributed by atoms with E-state index in [0.29, 0.717) is 39.9 Å². The molecule has 0 saturated heterocycles. The Balaban J connectivity index is 1.05. The first kappa shape index (κ1) is 38.0. The van der Waals surface area contributed by atoms with E-state index < -0.39 is 0 Å². The summed E-state index contributed by atoms with van der Waals surface area (Å²) >= 11 is 0. The predicted molar refractivity (Wildman–Crippen MR) is 248 cm³/mol. The normalized spacial score (nSPS) is 19.4. The minimum Gasteiger partial charge on any atom is -0.452 e. The molecule has 9 aromatic rings. The molecule has 0 spiro atoms. The van der Waals surface area contributed by atoms with Crippen molar-refractivity contribution in [2.45, 2.75) is 99.3 Å². The molecule has 2 aliphatic carbocycles. The number of rotatable bonds is 5. The SMILES string of the molecule is Cc1ccc(-n2c3nc(Oc4cc(-c5cc6c(cn5)C(C)(C)C(C5CC(C)(C)CC(C)(C)C5)C6(C)C)cc5c4oc4ccccc45)ccc3n3c4ccccc4nc23)cc1C. The van der Waals surface area contributed by atoms with Gasteiger partial charge in [0.1, 0.15) is 5.58 Å². The molecule has 61 heavy (non-hydrogen) atoms. The second kappa shape index (κ2) is 12.8. The lowest BCUT2D eigenvalue weighted by atomic mass is 9.53. The molecule has 0 radical (unpaired) electrons. The van der Waals surface area contributed by atoms with E-state index in [1.54, 1.807) is 0 Å². The van der Waals surface area contributed by atoms with Gasteiger partial charge in [0.25, 0.3) is 0 Å². The first-order chi connectivity index (χ1) is 29.0. The Morgan fingerprint density at radius 2 is 1.43 bits per heavy atom. The molecule has 4 aromatic carbocycles. The Morgan fingerprint density at radius 1 is 0.689 bits per heavy atom. The zero-order valence-corrected chi connectivity index (χ0v) is 37.1. The van der Waals surface area contributed by atoms with Crippen LogP contribution in [-0.2, 0) is 10.8 Å². The number of ether oxygens (including phenoxy) is 1. The first-order valence-corrected chi connectivity index (χ1v) is 22.0. The van der Waals surface area contributed by atoms with Gasteiger partial charge in [-0.15, -0.1) is 0 Å². The Labute approximate surface area is 357 Å². The highest BCUT2D eigenvalue weighted by molar-refractivity contribution is 6.08. The van der Waals surface area contributed by atoms with Gasteiger partial charge in [-0.3, -0.25) is 14.0 Å². The second-order valence-corrected chi connectivity index (χ2v) is 21.1. The van der Waals surface area contributed by atoms with Gasteiger partial charge in [-0.1, -0.05) is 91.8 Å². The van der Waals surface area contributed by atoms with Crippen LogP contribution in [0.2, 0.25) is 0 Å². The predicted octanol–water partition coefficient (Wildman–Crippen LogP) is 14.2.